The van der Waals surface area contributed by atoms with E-state index >= 15 is 0 Å². The summed E-state index contributed by atoms with van der Waals surface area (Å²) in [6, 6.07) is 0. The van der Waals surface area contributed by atoms with E-state index in [0.717, 1.165) is 30.2 Å². The summed E-state index contributed by atoms with van der Waals surface area (Å²) in [7, 11) is -8.03. The van der Waals surface area contributed by atoms with Gasteiger partial charge >= 0.3 is 104 Å². The second kappa shape index (κ2) is 16.4. The summed E-state index contributed by atoms with van der Waals surface area (Å²) in [6.45, 7) is 0.126. The molecule has 26 heavy (non-hydrogen) atoms. The van der Waals surface area contributed by atoms with Gasteiger partial charge in [0.05, 0.1) is 0 Å². The first-order valence-electron chi connectivity index (χ1n) is 6.81. The first-order valence-corrected chi connectivity index (χ1v) is 11.2. The maximum atomic E-state index is 11.0. The molecule has 0 unspecified atom stereocenters. The van der Waals surface area contributed by atoms with Crippen LogP contribution in [0.2, 0.25) is 0 Å². The fourth-order valence-electron chi connectivity index (χ4n) is 1.75. The Morgan fingerprint density at radius 2 is 1.58 bits per heavy atom. The molecule has 140 valence electrons. The van der Waals surface area contributed by atoms with Gasteiger partial charge in [-0.3, -0.25) is 14.4 Å². The van der Waals surface area contributed by atoms with Gasteiger partial charge < -0.3 is 19.6 Å². The Bertz CT molecular complexity index is 566. The SMILES string of the molecule is Cn1nnnc1SCCCCCCNC(P(=O)(O)O)P(=O)(O)O.[NaH].[NaH].[NaH]. The molecule has 0 fully saturated rings. The average Bonchev–Trinajstić information content (AvgIpc) is 2.79. The van der Waals surface area contributed by atoms with Gasteiger partial charge in [0, 0.05) is 12.8 Å². The van der Waals surface area contributed by atoms with Crippen LogP contribution in [0.3, 0.4) is 0 Å². The second-order valence-electron chi connectivity index (χ2n) is 4.85. The number of nitrogens with one attached hydrogen (secondary N) is 1. The maximum absolute atomic E-state index is 11.0. The molecule has 0 saturated heterocycles. The van der Waals surface area contributed by atoms with E-state index in [1.807, 2.05) is 0 Å². The summed E-state index contributed by atoms with van der Waals surface area (Å²) in [5, 5.41) is 14.1. The van der Waals surface area contributed by atoms with Crippen LogP contribution in [-0.2, 0) is 16.2 Å². The molecule has 1 rings (SSSR count). The minimum atomic E-state index is -4.89. The van der Waals surface area contributed by atoms with Crippen molar-refractivity contribution in [3.8, 4) is 0 Å². The van der Waals surface area contributed by atoms with Crippen molar-refractivity contribution in [3.05, 3.63) is 0 Å². The van der Waals surface area contributed by atoms with Gasteiger partial charge in [-0.15, -0.1) is 5.10 Å². The number of aromatic nitrogens is 4. The molecule has 0 saturated carbocycles. The molecule has 0 aliphatic carbocycles. The van der Waals surface area contributed by atoms with E-state index in [2.05, 4.69) is 20.8 Å². The zero-order chi connectivity index (χ0) is 17.5. The predicted molar refractivity (Wildman–Crippen MR) is 105 cm³/mol. The zero-order valence-corrected chi connectivity index (χ0v) is 15.1. The number of hydrogen-bond donors (Lipinski definition) is 5. The quantitative estimate of drug-likeness (QED) is 0.108. The molecule has 5 N–H and O–H groups in total. The third-order valence-electron chi connectivity index (χ3n) is 2.85. The molecule has 1 aromatic heterocycles. The normalized spacial score (nSPS) is 11.5. The van der Waals surface area contributed by atoms with E-state index in [9.17, 15) is 9.13 Å². The summed E-state index contributed by atoms with van der Waals surface area (Å²) in [4.78, 5) is 35.7. The summed E-state index contributed by atoms with van der Waals surface area (Å²) in [6.07, 6.45) is 3.14. The number of hydrogen-bond acceptors (Lipinski definition) is 7. The Hall–Kier alpha value is 2.68. The molecule has 1 aromatic rings. The van der Waals surface area contributed by atoms with Crippen LogP contribution < -0.4 is 5.32 Å². The van der Waals surface area contributed by atoms with Crippen LogP contribution in [-0.4, -0.2) is 146 Å². The third kappa shape index (κ3) is 13.8. The van der Waals surface area contributed by atoms with Crippen molar-refractivity contribution in [2.75, 3.05) is 12.3 Å². The van der Waals surface area contributed by atoms with Crippen LogP contribution >= 0.6 is 27.0 Å². The Morgan fingerprint density at radius 1 is 1.04 bits per heavy atom. The van der Waals surface area contributed by atoms with Gasteiger partial charge in [0.15, 0.2) is 0 Å². The summed E-state index contributed by atoms with van der Waals surface area (Å²) in [5.41, 5.74) is -2.13. The van der Waals surface area contributed by atoms with Crippen molar-refractivity contribution in [2.24, 2.45) is 7.05 Å². The Labute approximate surface area is 222 Å². The first-order chi connectivity index (χ1) is 10.6. The van der Waals surface area contributed by atoms with E-state index in [4.69, 9.17) is 19.6 Å². The molecule has 0 aromatic carbocycles. The van der Waals surface area contributed by atoms with Crippen LogP contribution in [0, 0.1) is 0 Å². The van der Waals surface area contributed by atoms with E-state index in [-0.39, 0.29) is 95.2 Å². The van der Waals surface area contributed by atoms with Crippen LogP contribution in [0.1, 0.15) is 25.7 Å². The molecule has 11 nitrogen and oxygen atoms in total. The Balaban J connectivity index is -0.00000176. The molecule has 17 heteroatoms. The summed E-state index contributed by atoms with van der Waals surface area (Å²) < 4.78 is 23.7. The summed E-state index contributed by atoms with van der Waals surface area (Å²) >= 11 is 1.53. The van der Waals surface area contributed by atoms with E-state index in [1.165, 1.54) is 11.8 Å². The molecule has 0 radical (unpaired) electrons. The van der Waals surface area contributed by atoms with Gasteiger partial charge in [-0.1, -0.05) is 24.6 Å². The molecule has 1 heterocycles. The van der Waals surface area contributed by atoms with Gasteiger partial charge in [-0.25, -0.2) is 4.68 Å². The molecule has 0 bridgehead atoms. The van der Waals surface area contributed by atoms with Crippen molar-refractivity contribution < 1.29 is 28.7 Å². The van der Waals surface area contributed by atoms with E-state index < -0.39 is 20.7 Å². The topological polar surface area (TPSA) is 171 Å². The summed E-state index contributed by atoms with van der Waals surface area (Å²) in [5.74, 6) is 0.842. The number of unbranched alkanes of at least 4 members (excludes halogenated alkanes) is 3. The second-order valence-corrected chi connectivity index (χ2v) is 9.71. The van der Waals surface area contributed by atoms with Gasteiger partial charge in [0.2, 0.25) is 10.7 Å². The van der Waals surface area contributed by atoms with Crippen LogP contribution in [0.25, 0.3) is 0 Å². The molecule has 0 amide bonds. The number of tetrazole rings is 1. The van der Waals surface area contributed by atoms with Crippen molar-refractivity contribution in [3.63, 3.8) is 0 Å². The number of nitrogens with zero attached hydrogens (tertiary/aromatic N) is 4. The zero-order valence-electron chi connectivity index (χ0n) is 12.5. The van der Waals surface area contributed by atoms with E-state index in [1.54, 1.807) is 11.7 Å². The molecule has 0 atom stereocenters. The van der Waals surface area contributed by atoms with Gasteiger partial charge in [0.25, 0.3) is 0 Å². The molecule has 0 aliphatic rings. The first kappa shape index (κ1) is 33.3. The van der Waals surface area contributed by atoms with Crippen LogP contribution in [0.15, 0.2) is 5.16 Å². The molecular weight excluding hydrogens is 437 g/mol. The van der Waals surface area contributed by atoms with Crippen LogP contribution in [0.4, 0.5) is 0 Å². The van der Waals surface area contributed by atoms with E-state index in [0.29, 0.717) is 6.42 Å². The minimum absolute atomic E-state index is 0. The van der Waals surface area contributed by atoms with Crippen molar-refractivity contribution in [1.29, 1.82) is 0 Å². The van der Waals surface area contributed by atoms with Crippen LogP contribution in [0.5, 0.6) is 0 Å². The van der Waals surface area contributed by atoms with Crippen molar-refractivity contribution in [2.45, 2.75) is 36.4 Å². The molecule has 0 aliphatic heterocycles. The predicted octanol–water partition coefficient (Wildman–Crippen LogP) is -1.85. The monoisotopic (exact) mass is 461 g/mol. The molecule has 0 spiro atoms. The number of aryl methyl sites for hydroxylation is 1. The van der Waals surface area contributed by atoms with Gasteiger partial charge in [-0.2, -0.15) is 0 Å². The average molecular weight is 461 g/mol. The number of thioether (sulfide) groups is 1. The fourth-order valence-corrected chi connectivity index (χ4v) is 4.90. The Morgan fingerprint density at radius 3 is 2.04 bits per heavy atom. The third-order valence-corrected chi connectivity index (χ3v) is 7.39. The standard InChI is InChI=1S/C9H21N5O6P2S.3Na.3H/c1-14-8(11-12-13-14)23-7-5-3-2-4-6-10-9(21(15,16)17)22(18,19)20;;;;;;/h9-10H,2-7H2,1H3,(H2,15,16,17)(H2,18,19,20);;;;;;. The van der Waals surface area contributed by atoms with Gasteiger partial charge in [-0.05, 0) is 29.8 Å². The number of rotatable bonds is 11. The fraction of sp³-hybridized carbons (Fsp3) is 0.889. The Kier molecular flexibility index (Phi) is 21.0. The van der Waals surface area contributed by atoms with Gasteiger partial charge in [0.1, 0.15) is 0 Å². The van der Waals surface area contributed by atoms with Crippen molar-refractivity contribution in [1.82, 2.24) is 25.5 Å². The van der Waals surface area contributed by atoms with Crippen molar-refractivity contribution >= 4 is 116 Å². The molecular formula is C9H24N5Na3O6P2S.